The van der Waals surface area contributed by atoms with Gasteiger partial charge in [-0.25, -0.2) is 9.59 Å². The van der Waals surface area contributed by atoms with E-state index in [0.717, 1.165) is 11.3 Å². The lowest BCUT2D eigenvalue weighted by molar-refractivity contribution is 0.147. The SMILES string of the molecule is CCN(C(=O)Oc1cccc(NC(=O)OCC(C)C)c1)c1ccccc1C. The summed E-state index contributed by atoms with van der Waals surface area (Å²) in [4.78, 5) is 25.9. The van der Waals surface area contributed by atoms with Crippen LogP contribution in [0.3, 0.4) is 0 Å². The summed E-state index contributed by atoms with van der Waals surface area (Å²) >= 11 is 0. The van der Waals surface area contributed by atoms with E-state index in [4.69, 9.17) is 9.47 Å². The third-order valence-electron chi connectivity index (χ3n) is 3.78. The second-order valence-corrected chi connectivity index (χ2v) is 6.54. The van der Waals surface area contributed by atoms with Crippen molar-refractivity contribution in [3.63, 3.8) is 0 Å². The molecule has 0 saturated heterocycles. The number of carbonyl (C=O) groups is 2. The number of benzene rings is 2. The molecule has 6 heteroatoms. The number of amides is 2. The zero-order chi connectivity index (χ0) is 19.8. The Hall–Kier alpha value is -3.02. The minimum absolute atomic E-state index is 0.254. The molecule has 0 unspecified atom stereocenters. The third kappa shape index (κ3) is 6.02. The molecule has 0 atom stereocenters. The highest BCUT2D eigenvalue weighted by molar-refractivity contribution is 5.90. The second-order valence-electron chi connectivity index (χ2n) is 6.54. The molecule has 0 radical (unpaired) electrons. The van der Waals surface area contributed by atoms with Gasteiger partial charge in [0.1, 0.15) is 5.75 Å². The molecule has 0 aliphatic carbocycles. The Labute approximate surface area is 160 Å². The van der Waals surface area contributed by atoms with Gasteiger partial charge >= 0.3 is 12.2 Å². The van der Waals surface area contributed by atoms with Crippen LogP contribution >= 0.6 is 0 Å². The Bertz CT molecular complexity index is 789. The van der Waals surface area contributed by atoms with Gasteiger partial charge in [-0.15, -0.1) is 0 Å². The summed E-state index contributed by atoms with van der Waals surface area (Å²) < 4.78 is 10.6. The van der Waals surface area contributed by atoms with Gasteiger partial charge in [0.05, 0.1) is 6.61 Å². The zero-order valence-electron chi connectivity index (χ0n) is 16.2. The lowest BCUT2D eigenvalue weighted by Crippen LogP contribution is -2.33. The molecule has 144 valence electrons. The fourth-order valence-electron chi connectivity index (χ4n) is 2.45. The number of carbonyl (C=O) groups excluding carboxylic acids is 2. The molecule has 2 aromatic carbocycles. The molecule has 27 heavy (non-hydrogen) atoms. The van der Waals surface area contributed by atoms with Crippen LogP contribution in [0, 0.1) is 12.8 Å². The Morgan fingerprint density at radius 1 is 1.11 bits per heavy atom. The molecule has 0 aliphatic heterocycles. The second kappa shape index (κ2) is 9.62. The summed E-state index contributed by atoms with van der Waals surface area (Å²) in [5.41, 5.74) is 2.28. The highest BCUT2D eigenvalue weighted by Gasteiger charge is 2.18. The summed E-state index contributed by atoms with van der Waals surface area (Å²) in [7, 11) is 0. The number of aryl methyl sites for hydroxylation is 1. The van der Waals surface area contributed by atoms with Crippen LogP contribution in [-0.4, -0.2) is 25.3 Å². The van der Waals surface area contributed by atoms with E-state index in [0.29, 0.717) is 24.6 Å². The van der Waals surface area contributed by atoms with E-state index in [9.17, 15) is 9.59 Å². The number of hydrogen-bond acceptors (Lipinski definition) is 4. The van der Waals surface area contributed by atoms with Crippen LogP contribution in [0.5, 0.6) is 5.75 Å². The smallest absolute Gasteiger partial charge is 0.419 e. The highest BCUT2D eigenvalue weighted by Crippen LogP contribution is 2.23. The summed E-state index contributed by atoms with van der Waals surface area (Å²) in [6.45, 7) is 8.56. The molecule has 6 nitrogen and oxygen atoms in total. The molecule has 0 heterocycles. The number of ether oxygens (including phenoxy) is 2. The number of rotatable bonds is 6. The quantitative estimate of drug-likeness (QED) is 0.756. The zero-order valence-corrected chi connectivity index (χ0v) is 16.2. The Morgan fingerprint density at radius 3 is 2.52 bits per heavy atom. The molecule has 0 bridgehead atoms. The first-order chi connectivity index (χ1) is 12.9. The number of hydrogen-bond donors (Lipinski definition) is 1. The molecule has 0 aliphatic rings. The average Bonchev–Trinajstić information content (AvgIpc) is 2.62. The van der Waals surface area contributed by atoms with Gasteiger partial charge in [-0.05, 0) is 43.5 Å². The molecule has 2 amide bonds. The van der Waals surface area contributed by atoms with Crippen molar-refractivity contribution in [2.75, 3.05) is 23.4 Å². The summed E-state index contributed by atoms with van der Waals surface area (Å²) in [6, 6.07) is 14.3. The molecule has 1 N–H and O–H groups in total. The van der Waals surface area contributed by atoms with Crippen molar-refractivity contribution in [1.82, 2.24) is 0 Å². The van der Waals surface area contributed by atoms with Gasteiger partial charge in [0, 0.05) is 24.0 Å². The summed E-state index contributed by atoms with van der Waals surface area (Å²) in [5, 5.41) is 2.63. The van der Waals surface area contributed by atoms with Crippen molar-refractivity contribution < 1.29 is 19.1 Å². The number of para-hydroxylation sites is 1. The maximum Gasteiger partial charge on any atom is 0.419 e. The predicted molar refractivity (Wildman–Crippen MR) is 106 cm³/mol. The molecule has 0 aromatic heterocycles. The van der Waals surface area contributed by atoms with Crippen LogP contribution < -0.4 is 15.0 Å². The minimum Gasteiger partial charge on any atom is -0.449 e. The molecule has 2 rings (SSSR count). The van der Waals surface area contributed by atoms with Crippen LogP contribution in [0.25, 0.3) is 0 Å². The van der Waals surface area contributed by atoms with E-state index in [-0.39, 0.29) is 5.92 Å². The Kier molecular flexibility index (Phi) is 7.23. The van der Waals surface area contributed by atoms with E-state index in [1.807, 2.05) is 52.0 Å². The highest BCUT2D eigenvalue weighted by atomic mass is 16.6. The molecular weight excluding hydrogens is 344 g/mol. The van der Waals surface area contributed by atoms with E-state index >= 15 is 0 Å². The lowest BCUT2D eigenvalue weighted by Gasteiger charge is -2.22. The van der Waals surface area contributed by atoms with E-state index in [2.05, 4.69) is 5.32 Å². The van der Waals surface area contributed by atoms with Crippen LogP contribution in [0.4, 0.5) is 21.0 Å². The van der Waals surface area contributed by atoms with Gasteiger partial charge in [0.15, 0.2) is 0 Å². The number of nitrogens with zero attached hydrogens (tertiary/aromatic N) is 1. The Balaban J connectivity index is 2.05. The van der Waals surface area contributed by atoms with Crippen LogP contribution in [0.15, 0.2) is 48.5 Å². The predicted octanol–water partition coefficient (Wildman–Crippen LogP) is 5.22. The molecule has 2 aromatic rings. The first-order valence-electron chi connectivity index (χ1n) is 8.99. The van der Waals surface area contributed by atoms with Gasteiger partial charge in [0.25, 0.3) is 0 Å². The van der Waals surface area contributed by atoms with Gasteiger partial charge in [-0.3, -0.25) is 10.2 Å². The average molecular weight is 370 g/mol. The van der Waals surface area contributed by atoms with Crippen LogP contribution in [0.2, 0.25) is 0 Å². The lowest BCUT2D eigenvalue weighted by atomic mass is 10.2. The monoisotopic (exact) mass is 370 g/mol. The van der Waals surface area contributed by atoms with Crippen LogP contribution in [-0.2, 0) is 4.74 Å². The molecule has 0 fully saturated rings. The van der Waals surface area contributed by atoms with Gasteiger partial charge in [0.2, 0.25) is 0 Å². The van der Waals surface area contributed by atoms with Gasteiger partial charge in [-0.1, -0.05) is 38.1 Å². The minimum atomic E-state index is -0.540. The van der Waals surface area contributed by atoms with Crippen molar-refractivity contribution in [2.45, 2.75) is 27.7 Å². The largest absolute Gasteiger partial charge is 0.449 e. The summed E-state index contributed by atoms with van der Waals surface area (Å²) in [5.74, 6) is 0.596. The van der Waals surface area contributed by atoms with Crippen molar-refractivity contribution in [3.8, 4) is 5.75 Å². The van der Waals surface area contributed by atoms with Crippen molar-refractivity contribution in [1.29, 1.82) is 0 Å². The van der Waals surface area contributed by atoms with E-state index in [1.54, 1.807) is 29.2 Å². The first-order valence-corrected chi connectivity index (χ1v) is 8.99. The maximum atomic E-state index is 12.6. The molecule has 0 spiro atoms. The van der Waals surface area contributed by atoms with Gasteiger partial charge < -0.3 is 9.47 Å². The first kappa shape index (κ1) is 20.3. The maximum absolute atomic E-state index is 12.6. The van der Waals surface area contributed by atoms with E-state index in [1.165, 1.54) is 0 Å². The topological polar surface area (TPSA) is 67.9 Å². The standard InChI is InChI=1S/C21H26N2O4/c1-5-23(19-12-7-6-9-16(19)4)21(25)27-18-11-8-10-17(13-18)22-20(24)26-14-15(2)3/h6-13,15H,5,14H2,1-4H3,(H,22,24). The molecule has 0 saturated carbocycles. The van der Waals surface area contributed by atoms with Crippen LogP contribution in [0.1, 0.15) is 26.3 Å². The van der Waals surface area contributed by atoms with Crippen molar-refractivity contribution in [3.05, 3.63) is 54.1 Å². The number of nitrogens with one attached hydrogen (secondary N) is 1. The summed E-state index contributed by atoms with van der Waals surface area (Å²) in [6.07, 6.45) is -1.02. The number of anilines is 2. The fraction of sp³-hybridized carbons (Fsp3) is 0.333. The Morgan fingerprint density at radius 2 is 1.85 bits per heavy atom. The van der Waals surface area contributed by atoms with Gasteiger partial charge in [-0.2, -0.15) is 0 Å². The third-order valence-corrected chi connectivity index (χ3v) is 3.78. The fourth-order valence-corrected chi connectivity index (χ4v) is 2.45. The molecular formula is C21H26N2O4. The normalized spacial score (nSPS) is 10.4. The van der Waals surface area contributed by atoms with E-state index < -0.39 is 12.2 Å². The van der Waals surface area contributed by atoms with Crippen molar-refractivity contribution in [2.24, 2.45) is 5.92 Å². The van der Waals surface area contributed by atoms with Crippen molar-refractivity contribution >= 4 is 23.6 Å².